The minimum atomic E-state index is -0.627. The van der Waals surface area contributed by atoms with Gasteiger partial charge in [-0.25, -0.2) is 19.4 Å². The first kappa shape index (κ1) is 22.3. The van der Waals surface area contributed by atoms with Crippen LogP contribution in [-0.2, 0) is 20.0 Å². The van der Waals surface area contributed by atoms with E-state index in [9.17, 15) is 14.4 Å². The number of pyridine rings is 1. The summed E-state index contributed by atoms with van der Waals surface area (Å²) >= 11 is 1.36. The van der Waals surface area contributed by atoms with Gasteiger partial charge in [-0.15, -0.1) is 11.8 Å². The van der Waals surface area contributed by atoms with Crippen LogP contribution >= 0.6 is 11.8 Å². The SMILES string of the molecule is CCOC(=O)C1=C(COC(=O)c2cccnc2SCc2c(C)noc2C)NC(=O)NC1. The predicted octanol–water partition coefficient (Wildman–Crippen LogP) is 2.27. The standard InChI is InChI=1S/C20H22N4O6S/c1-4-28-19(26)14-8-22-20(27)23-16(14)9-29-18(25)13-6-5-7-21-17(13)31-10-15-11(2)24-30-12(15)3/h5-7H,4,8-10H2,1-3H3,(H2,22,23,27). The molecule has 0 radical (unpaired) electrons. The van der Waals surface area contributed by atoms with Gasteiger partial charge in [0, 0.05) is 17.5 Å². The van der Waals surface area contributed by atoms with Crippen LogP contribution in [0.2, 0.25) is 0 Å². The van der Waals surface area contributed by atoms with Gasteiger partial charge in [0.15, 0.2) is 0 Å². The Labute approximate surface area is 182 Å². The number of rotatable bonds is 8. The van der Waals surface area contributed by atoms with Crippen molar-refractivity contribution < 1.29 is 28.4 Å². The average molecular weight is 446 g/mol. The summed E-state index contributed by atoms with van der Waals surface area (Å²) in [5, 5.41) is 9.40. The van der Waals surface area contributed by atoms with Crippen molar-refractivity contribution in [1.29, 1.82) is 0 Å². The number of hydrogen-bond acceptors (Lipinski definition) is 9. The average Bonchev–Trinajstić information content (AvgIpc) is 3.08. The van der Waals surface area contributed by atoms with Crippen molar-refractivity contribution in [1.82, 2.24) is 20.8 Å². The lowest BCUT2D eigenvalue weighted by atomic mass is 10.1. The van der Waals surface area contributed by atoms with Crippen LogP contribution in [0, 0.1) is 13.8 Å². The second kappa shape index (κ2) is 10.1. The fraction of sp³-hybridized carbons (Fsp3) is 0.350. The zero-order valence-electron chi connectivity index (χ0n) is 17.3. The summed E-state index contributed by atoms with van der Waals surface area (Å²) in [7, 11) is 0. The van der Waals surface area contributed by atoms with E-state index in [0.29, 0.717) is 16.5 Å². The lowest BCUT2D eigenvalue weighted by Gasteiger charge is -2.21. The molecule has 0 fully saturated rings. The highest BCUT2D eigenvalue weighted by atomic mass is 32.2. The zero-order chi connectivity index (χ0) is 22.4. The fourth-order valence-corrected chi connectivity index (χ4v) is 3.93. The molecule has 2 aromatic rings. The van der Waals surface area contributed by atoms with Crippen molar-refractivity contribution in [3.05, 3.63) is 52.2 Å². The molecule has 0 unspecified atom stereocenters. The highest BCUT2D eigenvalue weighted by Gasteiger charge is 2.25. The third-order valence-electron chi connectivity index (χ3n) is 4.45. The number of nitrogens with one attached hydrogen (secondary N) is 2. The number of carbonyl (C=O) groups is 3. The number of aryl methyl sites for hydroxylation is 2. The molecule has 2 amide bonds. The van der Waals surface area contributed by atoms with Crippen molar-refractivity contribution >= 4 is 29.7 Å². The molecule has 2 aromatic heterocycles. The Hall–Kier alpha value is -3.34. The van der Waals surface area contributed by atoms with Gasteiger partial charge in [0.2, 0.25) is 0 Å². The molecule has 0 atom stereocenters. The Morgan fingerprint density at radius 1 is 1.26 bits per heavy atom. The third kappa shape index (κ3) is 5.43. The Morgan fingerprint density at radius 3 is 2.77 bits per heavy atom. The van der Waals surface area contributed by atoms with Crippen LogP contribution in [0.3, 0.4) is 0 Å². The molecule has 2 N–H and O–H groups in total. The van der Waals surface area contributed by atoms with E-state index in [4.69, 9.17) is 14.0 Å². The number of carbonyl (C=O) groups excluding carboxylic acids is 3. The second-order valence-corrected chi connectivity index (χ2v) is 7.47. The molecule has 31 heavy (non-hydrogen) atoms. The zero-order valence-corrected chi connectivity index (χ0v) is 18.1. The molecule has 0 saturated heterocycles. The fourth-order valence-electron chi connectivity index (χ4n) is 2.79. The molecule has 3 heterocycles. The van der Waals surface area contributed by atoms with Gasteiger partial charge in [0.25, 0.3) is 0 Å². The number of thioether (sulfide) groups is 1. The summed E-state index contributed by atoms with van der Waals surface area (Å²) in [6.45, 7) is 5.24. The van der Waals surface area contributed by atoms with Gasteiger partial charge in [-0.05, 0) is 32.9 Å². The Morgan fingerprint density at radius 2 is 2.06 bits per heavy atom. The van der Waals surface area contributed by atoms with Gasteiger partial charge in [-0.1, -0.05) is 5.16 Å². The van der Waals surface area contributed by atoms with Crippen molar-refractivity contribution in [2.24, 2.45) is 0 Å². The third-order valence-corrected chi connectivity index (χ3v) is 5.48. The molecule has 0 bridgehead atoms. The molecule has 10 nitrogen and oxygen atoms in total. The number of esters is 2. The van der Waals surface area contributed by atoms with Gasteiger partial charge in [-0.3, -0.25) is 0 Å². The van der Waals surface area contributed by atoms with Gasteiger partial charge in [-0.2, -0.15) is 0 Å². The predicted molar refractivity (Wildman–Crippen MR) is 110 cm³/mol. The highest BCUT2D eigenvalue weighted by Crippen LogP contribution is 2.27. The van der Waals surface area contributed by atoms with Gasteiger partial charge in [0.05, 0.1) is 35.7 Å². The smallest absolute Gasteiger partial charge is 0.341 e. The molecule has 1 aliphatic rings. The summed E-state index contributed by atoms with van der Waals surface area (Å²) in [5.41, 5.74) is 2.39. The monoisotopic (exact) mass is 446 g/mol. The molecule has 0 aliphatic carbocycles. The highest BCUT2D eigenvalue weighted by molar-refractivity contribution is 7.98. The number of amides is 2. The molecule has 0 spiro atoms. The quantitative estimate of drug-likeness (QED) is 0.463. The van der Waals surface area contributed by atoms with Crippen LogP contribution in [0.4, 0.5) is 4.79 Å². The second-order valence-electron chi connectivity index (χ2n) is 6.51. The number of hydrogen-bond donors (Lipinski definition) is 2. The number of nitrogens with zero attached hydrogens (tertiary/aromatic N) is 2. The summed E-state index contributed by atoms with van der Waals surface area (Å²) in [5.74, 6) is 0.0272. The van der Waals surface area contributed by atoms with E-state index in [1.54, 1.807) is 25.3 Å². The number of ether oxygens (including phenoxy) is 2. The van der Waals surface area contributed by atoms with Gasteiger partial charge in [0.1, 0.15) is 17.4 Å². The largest absolute Gasteiger partial charge is 0.463 e. The normalized spacial score (nSPS) is 13.5. The lowest BCUT2D eigenvalue weighted by Crippen LogP contribution is -2.45. The summed E-state index contributed by atoms with van der Waals surface area (Å²) in [6.07, 6.45) is 1.58. The van der Waals surface area contributed by atoms with Crippen LogP contribution in [0.15, 0.2) is 39.1 Å². The van der Waals surface area contributed by atoms with Gasteiger partial charge < -0.3 is 24.6 Å². The molecule has 164 valence electrons. The van der Waals surface area contributed by atoms with Crippen LogP contribution < -0.4 is 10.6 Å². The Bertz CT molecular complexity index is 1010. The summed E-state index contributed by atoms with van der Waals surface area (Å²) in [4.78, 5) is 40.7. The first-order chi connectivity index (χ1) is 14.9. The topological polar surface area (TPSA) is 133 Å². The maximum atomic E-state index is 12.7. The van der Waals surface area contributed by atoms with Crippen molar-refractivity contribution in [2.45, 2.75) is 31.6 Å². The maximum absolute atomic E-state index is 12.7. The molecule has 11 heteroatoms. The van der Waals surface area contributed by atoms with Crippen LogP contribution in [0.1, 0.15) is 34.3 Å². The molecule has 3 rings (SSSR count). The van der Waals surface area contributed by atoms with E-state index in [1.165, 1.54) is 11.8 Å². The maximum Gasteiger partial charge on any atom is 0.341 e. The lowest BCUT2D eigenvalue weighted by molar-refractivity contribution is -0.138. The first-order valence-corrected chi connectivity index (χ1v) is 10.5. The summed E-state index contributed by atoms with van der Waals surface area (Å²) < 4.78 is 15.5. The Balaban J connectivity index is 1.71. The molecular formula is C20H22N4O6S. The van der Waals surface area contributed by atoms with Crippen molar-refractivity contribution in [3.63, 3.8) is 0 Å². The van der Waals surface area contributed by atoms with Crippen LogP contribution in [0.5, 0.6) is 0 Å². The molecular weight excluding hydrogens is 424 g/mol. The molecule has 1 aliphatic heterocycles. The van der Waals surface area contributed by atoms with Crippen molar-refractivity contribution in [2.75, 3.05) is 19.8 Å². The van der Waals surface area contributed by atoms with Gasteiger partial charge >= 0.3 is 18.0 Å². The minimum Gasteiger partial charge on any atom is -0.463 e. The number of urea groups is 1. The number of aromatic nitrogens is 2. The van der Waals surface area contributed by atoms with Crippen LogP contribution in [0.25, 0.3) is 0 Å². The molecule has 0 saturated carbocycles. The summed E-state index contributed by atoms with van der Waals surface area (Å²) in [6, 6.07) is 2.75. The van der Waals surface area contributed by atoms with E-state index >= 15 is 0 Å². The van der Waals surface area contributed by atoms with E-state index < -0.39 is 18.0 Å². The van der Waals surface area contributed by atoms with Crippen LogP contribution in [-0.4, -0.2) is 47.9 Å². The first-order valence-electron chi connectivity index (χ1n) is 9.51. The van der Waals surface area contributed by atoms with Crippen molar-refractivity contribution in [3.8, 4) is 0 Å². The Kier molecular flexibility index (Phi) is 7.29. The van der Waals surface area contributed by atoms with E-state index in [0.717, 1.165) is 11.3 Å². The van der Waals surface area contributed by atoms with E-state index in [-0.39, 0.29) is 36.6 Å². The van der Waals surface area contributed by atoms with E-state index in [1.807, 2.05) is 13.8 Å². The minimum absolute atomic E-state index is 0.0109. The molecule has 0 aromatic carbocycles. The van der Waals surface area contributed by atoms with E-state index in [2.05, 4.69) is 20.8 Å².